The van der Waals surface area contributed by atoms with Crippen molar-refractivity contribution >= 4 is 11.6 Å². The lowest BCUT2D eigenvalue weighted by Gasteiger charge is -2.49. The summed E-state index contributed by atoms with van der Waals surface area (Å²) in [5.41, 5.74) is -0.186. The van der Waals surface area contributed by atoms with Crippen LogP contribution in [-0.2, 0) is 10.3 Å². The average molecular weight is 366 g/mol. The normalized spacial score (nSPS) is 34.6. The Kier molecular flexibility index (Phi) is 2.49. The summed E-state index contributed by atoms with van der Waals surface area (Å²) in [6.07, 6.45) is -3.22. The van der Waals surface area contributed by atoms with Crippen molar-refractivity contribution in [2.24, 2.45) is 0 Å². The highest BCUT2D eigenvalue weighted by atomic mass is 16.6. The third kappa shape index (κ3) is 1.52. The zero-order valence-corrected chi connectivity index (χ0v) is 13.8. The number of Topliss-reactive ketones (excluding diaryl/α,β-unsaturated/α-hetero) is 2. The van der Waals surface area contributed by atoms with Crippen LogP contribution in [-0.4, -0.2) is 50.3 Å². The van der Waals surface area contributed by atoms with Gasteiger partial charge in [0.25, 0.3) is 0 Å². The molecule has 2 aromatic carbocycles. The van der Waals surface area contributed by atoms with Crippen LogP contribution in [0.4, 0.5) is 0 Å². The number of rotatable bonds is 0. The number of benzene rings is 2. The quantitative estimate of drug-likeness (QED) is 0.511. The molecule has 0 saturated carbocycles. The molecule has 0 radical (unpaired) electrons. The number of fused-ring (bicyclic) bond motifs is 4. The monoisotopic (exact) mass is 366 g/mol. The minimum Gasteiger partial charge on any atom is -0.507 e. The number of hydrogen-bond donors (Lipinski definition) is 4. The number of aliphatic hydroxyl groups excluding tert-OH is 1. The Labute approximate surface area is 152 Å². The Morgan fingerprint density at radius 3 is 2.41 bits per heavy atom. The number of epoxide rings is 1. The van der Waals surface area contributed by atoms with E-state index in [4.69, 9.17) is 4.74 Å². The first-order valence-corrected chi connectivity index (χ1v) is 8.71. The van der Waals surface area contributed by atoms with E-state index in [0.29, 0.717) is 16.7 Å². The molecule has 1 fully saturated rings. The summed E-state index contributed by atoms with van der Waals surface area (Å²) in [4.78, 5) is 25.2. The maximum absolute atomic E-state index is 12.7. The number of hydrogen-bond acceptors (Lipinski definition) is 7. The van der Waals surface area contributed by atoms with Crippen molar-refractivity contribution in [2.45, 2.75) is 36.3 Å². The molecule has 0 unspecified atom stereocenters. The Morgan fingerprint density at radius 2 is 1.67 bits per heavy atom. The van der Waals surface area contributed by atoms with Gasteiger partial charge in [0, 0.05) is 12.0 Å². The van der Waals surface area contributed by atoms with E-state index in [1.54, 1.807) is 12.1 Å². The van der Waals surface area contributed by atoms with E-state index >= 15 is 0 Å². The van der Waals surface area contributed by atoms with Crippen molar-refractivity contribution in [1.29, 1.82) is 0 Å². The van der Waals surface area contributed by atoms with Crippen LogP contribution in [0, 0.1) is 0 Å². The molecule has 6 rings (SSSR count). The molecule has 0 spiro atoms. The topological polar surface area (TPSA) is 128 Å². The summed E-state index contributed by atoms with van der Waals surface area (Å²) in [6.45, 7) is 0. The molecular formula is C20H14O7. The zero-order valence-electron chi connectivity index (χ0n) is 13.8. The highest BCUT2D eigenvalue weighted by Crippen LogP contribution is 2.63. The molecular weight excluding hydrogens is 352 g/mol. The number of aromatic hydroxyl groups is 2. The summed E-state index contributed by atoms with van der Waals surface area (Å²) < 4.78 is 5.52. The number of ketones is 2. The number of carbonyl (C=O) groups excluding carboxylic acids is 2. The van der Waals surface area contributed by atoms with Gasteiger partial charge in [-0.2, -0.15) is 0 Å². The third-order valence-corrected chi connectivity index (χ3v) is 6.41. The molecule has 0 aromatic heterocycles. The van der Waals surface area contributed by atoms with Crippen LogP contribution in [0.2, 0.25) is 0 Å². The highest BCUT2D eigenvalue weighted by molar-refractivity contribution is 6.10. The first-order valence-electron chi connectivity index (χ1n) is 8.71. The molecule has 0 amide bonds. The van der Waals surface area contributed by atoms with Gasteiger partial charge in [-0.1, -0.05) is 12.1 Å². The second-order valence-electron chi connectivity index (χ2n) is 7.63. The molecule has 2 aromatic rings. The number of phenols is 2. The number of carbonyl (C=O) groups is 2. The van der Waals surface area contributed by atoms with Crippen LogP contribution < -0.4 is 0 Å². The Morgan fingerprint density at radius 1 is 1.00 bits per heavy atom. The van der Waals surface area contributed by atoms with Gasteiger partial charge < -0.3 is 25.2 Å². The largest absolute Gasteiger partial charge is 0.507 e. The minimum absolute atomic E-state index is 0.00493. The van der Waals surface area contributed by atoms with Gasteiger partial charge in [0.1, 0.15) is 29.3 Å². The lowest BCUT2D eigenvalue weighted by molar-refractivity contribution is -0.108. The molecule has 0 bridgehead atoms. The van der Waals surface area contributed by atoms with E-state index < -0.39 is 35.6 Å². The van der Waals surface area contributed by atoms with Crippen LogP contribution in [0.5, 0.6) is 11.5 Å². The lowest BCUT2D eigenvalue weighted by Crippen LogP contribution is -2.54. The maximum atomic E-state index is 12.7. The first kappa shape index (κ1) is 15.3. The van der Waals surface area contributed by atoms with Crippen LogP contribution >= 0.6 is 0 Å². The highest BCUT2D eigenvalue weighted by Gasteiger charge is 2.67. The average Bonchev–Trinajstić information content (AvgIpc) is 3.41. The Hall–Kier alpha value is -2.74. The molecule has 136 valence electrons. The van der Waals surface area contributed by atoms with E-state index in [9.17, 15) is 30.0 Å². The molecule has 5 atom stereocenters. The van der Waals surface area contributed by atoms with Crippen molar-refractivity contribution in [3.05, 3.63) is 46.5 Å². The Bertz CT molecular complexity index is 1100. The van der Waals surface area contributed by atoms with Crippen molar-refractivity contribution in [3.8, 4) is 22.6 Å². The van der Waals surface area contributed by atoms with Crippen molar-refractivity contribution < 1.29 is 34.8 Å². The number of aliphatic hydroxyl groups is 2. The van der Waals surface area contributed by atoms with E-state index in [2.05, 4.69) is 0 Å². The fourth-order valence-electron chi connectivity index (χ4n) is 5.27. The van der Waals surface area contributed by atoms with Gasteiger partial charge in [0.2, 0.25) is 0 Å². The van der Waals surface area contributed by atoms with Crippen molar-refractivity contribution in [3.63, 3.8) is 0 Å². The molecule has 27 heavy (non-hydrogen) atoms. The number of phenolic OH excluding ortho intramolecular Hbond substituents is 2. The summed E-state index contributed by atoms with van der Waals surface area (Å²) in [6, 6.07) is 5.94. The summed E-state index contributed by atoms with van der Waals surface area (Å²) in [5, 5.41) is 43.1. The van der Waals surface area contributed by atoms with Crippen LogP contribution in [0.15, 0.2) is 24.3 Å². The molecule has 1 saturated heterocycles. The second kappa shape index (κ2) is 4.39. The number of ether oxygens (including phenoxy) is 1. The SMILES string of the molecule is O=C1C[C@H](O)[C@]2(O)c3c(ccc(O)c31)-c1ccc(O)c3c1[C@H]2[C@H]1O[C@H]1C3=O. The molecule has 7 heteroatoms. The van der Waals surface area contributed by atoms with E-state index in [0.717, 1.165) is 0 Å². The zero-order chi connectivity index (χ0) is 18.8. The van der Waals surface area contributed by atoms with Crippen molar-refractivity contribution in [2.75, 3.05) is 0 Å². The van der Waals surface area contributed by atoms with Gasteiger partial charge >= 0.3 is 0 Å². The van der Waals surface area contributed by atoms with E-state index in [1.807, 2.05) is 0 Å². The van der Waals surface area contributed by atoms with Gasteiger partial charge in [0.15, 0.2) is 11.6 Å². The molecule has 7 nitrogen and oxygen atoms in total. The maximum Gasteiger partial charge on any atom is 0.198 e. The minimum atomic E-state index is -1.91. The second-order valence-corrected chi connectivity index (χ2v) is 7.63. The molecule has 1 aliphatic heterocycles. The van der Waals surface area contributed by atoms with Gasteiger partial charge in [0.05, 0.1) is 23.1 Å². The first-order chi connectivity index (χ1) is 12.9. The lowest BCUT2D eigenvalue weighted by atomic mass is 9.57. The van der Waals surface area contributed by atoms with E-state index in [1.165, 1.54) is 12.1 Å². The smallest absolute Gasteiger partial charge is 0.198 e. The third-order valence-electron chi connectivity index (χ3n) is 6.41. The van der Waals surface area contributed by atoms with Crippen molar-refractivity contribution in [1.82, 2.24) is 0 Å². The van der Waals surface area contributed by atoms with E-state index in [-0.39, 0.29) is 40.4 Å². The molecule has 4 N–H and O–H groups in total. The van der Waals surface area contributed by atoms with Gasteiger partial charge in [-0.3, -0.25) is 9.59 Å². The van der Waals surface area contributed by atoms with Crippen LogP contribution in [0.3, 0.4) is 0 Å². The molecule has 1 heterocycles. The van der Waals surface area contributed by atoms with Gasteiger partial charge in [-0.05, 0) is 28.8 Å². The summed E-state index contributed by atoms with van der Waals surface area (Å²) in [7, 11) is 0. The van der Waals surface area contributed by atoms with Crippen LogP contribution in [0.1, 0.15) is 44.2 Å². The predicted octanol–water partition coefficient (Wildman–Crippen LogP) is 0.961. The standard InChI is InChI=1S/C20H14O7/c21-8-4-2-7-6-1-3-9(22)14-12(6)16(18-19(27-18)17(14)25)20(26)11(24)5-10(23)13(8)15(7)20/h1-4,11,16,18-19,21-22,24,26H,5H2/t11-,16-,18+,19-,20-/m0/s1. The summed E-state index contributed by atoms with van der Waals surface area (Å²) in [5.74, 6) is -2.09. The van der Waals surface area contributed by atoms with Crippen LogP contribution in [0.25, 0.3) is 11.1 Å². The fourth-order valence-corrected chi connectivity index (χ4v) is 5.27. The van der Waals surface area contributed by atoms with Gasteiger partial charge in [-0.15, -0.1) is 0 Å². The molecule has 3 aliphatic carbocycles. The van der Waals surface area contributed by atoms with Gasteiger partial charge in [-0.25, -0.2) is 0 Å². The Balaban J connectivity index is 1.82. The predicted molar refractivity (Wildman–Crippen MR) is 89.8 cm³/mol. The fraction of sp³-hybridized carbons (Fsp3) is 0.300. The summed E-state index contributed by atoms with van der Waals surface area (Å²) >= 11 is 0. The molecule has 4 aliphatic rings.